The topological polar surface area (TPSA) is 82.4 Å². The van der Waals surface area contributed by atoms with Gasteiger partial charge in [0.1, 0.15) is 5.82 Å². The van der Waals surface area contributed by atoms with Crippen LogP contribution < -0.4 is 19.9 Å². The zero-order valence-corrected chi connectivity index (χ0v) is 20.9. The number of aryl methyl sites for hydroxylation is 1. The van der Waals surface area contributed by atoms with E-state index in [-0.39, 0.29) is 16.9 Å². The number of ether oxygens (including phenoxy) is 2. The molecule has 8 nitrogen and oxygen atoms in total. The summed E-state index contributed by atoms with van der Waals surface area (Å²) in [7, 11) is 0. The molecule has 3 heterocycles. The average molecular weight is 494 g/mol. The highest BCUT2D eigenvalue weighted by Gasteiger charge is 2.25. The summed E-state index contributed by atoms with van der Waals surface area (Å²) in [5, 5.41) is 1.71. The summed E-state index contributed by atoms with van der Waals surface area (Å²) in [6, 6.07) is 9.65. The van der Waals surface area contributed by atoms with Crippen molar-refractivity contribution in [1.82, 2.24) is 19.5 Å². The van der Waals surface area contributed by atoms with Gasteiger partial charge in [-0.3, -0.25) is 9.36 Å². The van der Waals surface area contributed by atoms with Crippen molar-refractivity contribution >= 4 is 39.2 Å². The molecule has 0 atom stereocenters. The minimum Gasteiger partial charge on any atom is -0.490 e. The highest BCUT2D eigenvalue weighted by molar-refractivity contribution is 6.28. The molecule has 0 N–H and O–H groups in total. The number of fused-ring (bicyclic) bond motifs is 2. The summed E-state index contributed by atoms with van der Waals surface area (Å²) in [6.45, 7) is 8.35. The summed E-state index contributed by atoms with van der Waals surface area (Å²) < 4.78 is 13.4. The fourth-order valence-corrected chi connectivity index (χ4v) is 4.91. The minimum atomic E-state index is 0.0116. The second kappa shape index (κ2) is 9.70. The van der Waals surface area contributed by atoms with Crippen LogP contribution in [0.1, 0.15) is 38.3 Å². The van der Waals surface area contributed by atoms with Gasteiger partial charge in [0, 0.05) is 30.6 Å². The van der Waals surface area contributed by atoms with Crippen molar-refractivity contribution in [2.45, 2.75) is 39.7 Å². The van der Waals surface area contributed by atoms with Gasteiger partial charge in [-0.25, -0.2) is 9.97 Å². The van der Waals surface area contributed by atoms with Crippen molar-refractivity contribution < 1.29 is 9.47 Å². The number of anilines is 1. The number of halogens is 1. The highest BCUT2D eigenvalue weighted by Crippen LogP contribution is 2.37. The van der Waals surface area contributed by atoms with E-state index in [1.165, 1.54) is 0 Å². The maximum Gasteiger partial charge on any atom is 0.261 e. The molecule has 182 valence electrons. The molecule has 4 aromatic rings. The number of nitrogens with zero attached hydrogens (tertiary/aromatic N) is 5. The van der Waals surface area contributed by atoms with E-state index in [4.69, 9.17) is 21.1 Å². The third-order valence-electron chi connectivity index (χ3n) is 6.41. The molecule has 2 aromatic carbocycles. The molecule has 1 fully saturated rings. The molecular weight excluding hydrogens is 466 g/mol. The Hall–Kier alpha value is -3.39. The first-order chi connectivity index (χ1) is 17.0. The lowest BCUT2D eigenvalue weighted by Crippen LogP contribution is -2.38. The second-order valence-corrected chi connectivity index (χ2v) is 9.03. The first-order valence-corrected chi connectivity index (χ1v) is 12.4. The Morgan fingerprint density at radius 2 is 1.69 bits per heavy atom. The number of rotatable bonds is 6. The lowest BCUT2D eigenvalue weighted by Gasteiger charge is -2.34. The number of piperidine rings is 1. The van der Waals surface area contributed by atoms with E-state index in [2.05, 4.69) is 19.9 Å². The maximum atomic E-state index is 13.2. The van der Waals surface area contributed by atoms with Crippen LogP contribution in [0.15, 0.2) is 41.5 Å². The molecule has 0 aliphatic carbocycles. The van der Waals surface area contributed by atoms with Crippen LogP contribution in [0.2, 0.25) is 5.28 Å². The monoisotopic (exact) mass is 493 g/mol. The fraction of sp³-hybridized carbons (Fsp3) is 0.385. The molecule has 1 saturated heterocycles. The lowest BCUT2D eigenvalue weighted by atomic mass is 10.0. The summed E-state index contributed by atoms with van der Waals surface area (Å²) in [5.74, 6) is 2.06. The molecule has 1 aliphatic heterocycles. The normalized spacial score (nSPS) is 14.6. The molecule has 9 heteroatoms. The van der Waals surface area contributed by atoms with Crippen LogP contribution >= 0.6 is 11.6 Å². The van der Waals surface area contributed by atoms with Crippen molar-refractivity contribution in [3.05, 3.63) is 57.9 Å². The molecule has 0 spiro atoms. The van der Waals surface area contributed by atoms with Gasteiger partial charge in [-0.1, -0.05) is 11.6 Å². The molecule has 5 rings (SSSR count). The van der Waals surface area contributed by atoms with Crippen LogP contribution in [-0.4, -0.2) is 45.8 Å². The lowest BCUT2D eigenvalue weighted by molar-refractivity contribution is 0.288. The van der Waals surface area contributed by atoms with Gasteiger partial charge >= 0.3 is 0 Å². The Kier molecular flexibility index (Phi) is 6.47. The van der Waals surface area contributed by atoms with Gasteiger partial charge in [-0.2, -0.15) is 4.98 Å². The quantitative estimate of drug-likeness (QED) is 0.352. The van der Waals surface area contributed by atoms with Crippen molar-refractivity contribution in [3.8, 4) is 11.5 Å². The van der Waals surface area contributed by atoms with Gasteiger partial charge in [-0.15, -0.1) is 0 Å². The predicted octanol–water partition coefficient (Wildman–Crippen LogP) is 4.94. The third kappa shape index (κ3) is 4.50. The second-order valence-electron chi connectivity index (χ2n) is 8.69. The zero-order chi connectivity index (χ0) is 24.5. The van der Waals surface area contributed by atoms with E-state index >= 15 is 0 Å². The molecule has 2 aromatic heterocycles. The van der Waals surface area contributed by atoms with Gasteiger partial charge in [-0.05, 0) is 63.4 Å². The van der Waals surface area contributed by atoms with Crippen LogP contribution in [-0.2, 0) is 0 Å². The summed E-state index contributed by atoms with van der Waals surface area (Å²) in [6.07, 6.45) is 3.26. The van der Waals surface area contributed by atoms with E-state index in [9.17, 15) is 4.79 Å². The van der Waals surface area contributed by atoms with Crippen LogP contribution in [0.25, 0.3) is 21.8 Å². The standard InChI is InChI=1S/C26H28ClN5O3/c1-4-34-22-13-18-21(14-23(22)35-5-2)29-26(27)30-24(18)31-10-8-17(9-11-31)32-15-28-20-7-6-16(3)12-19(20)25(32)33/h6-7,12-15,17H,4-5,8-11H2,1-3H3. The highest BCUT2D eigenvalue weighted by atomic mass is 35.5. The first kappa shape index (κ1) is 23.4. The Bertz CT molecular complexity index is 1450. The van der Waals surface area contributed by atoms with E-state index in [1.54, 1.807) is 10.9 Å². The number of hydrogen-bond acceptors (Lipinski definition) is 7. The largest absolute Gasteiger partial charge is 0.490 e. The minimum absolute atomic E-state index is 0.0116. The van der Waals surface area contributed by atoms with Crippen molar-refractivity contribution in [2.24, 2.45) is 0 Å². The Morgan fingerprint density at radius 1 is 0.971 bits per heavy atom. The van der Waals surface area contributed by atoms with Crippen LogP contribution in [0, 0.1) is 6.92 Å². The summed E-state index contributed by atoms with van der Waals surface area (Å²) in [4.78, 5) is 28.9. The van der Waals surface area contributed by atoms with Crippen molar-refractivity contribution in [2.75, 3.05) is 31.2 Å². The number of benzene rings is 2. The molecule has 0 bridgehead atoms. The van der Waals surface area contributed by atoms with E-state index < -0.39 is 0 Å². The summed E-state index contributed by atoms with van der Waals surface area (Å²) >= 11 is 6.31. The Labute approximate surface area is 208 Å². The molecule has 35 heavy (non-hydrogen) atoms. The SMILES string of the molecule is CCOc1cc2nc(Cl)nc(N3CCC(n4cnc5ccc(C)cc5c4=O)CC3)c2cc1OCC. The van der Waals surface area contributed by atoms with E-state index in [0.29, 0.717) is 35.6 Å². The third-order valence-corrected chi connectivity index (χ3v) is 6.58. The predicted molar refractivity (Wildman–Crippen MR) is 138 cm³/mol. The van der Waals surface area contributed by atoms with Crippen LogP contribution in [0.3, 0.4) is 0 Å². The van der Waals surface area contributed by atoms with Gasteiger partial charge in [0.05, 0.1) is 36.0 Å². The van der Waals surface area contributed by atoms with Crippen molar-refractivity contribution in [3.63, 3.8) is 0 Å². The first-order valence-electron chi connectivity index (χ1n) is 12.0. The van der Waals surface area contributed by atoms with Gasteiger partial charge in [0.25, 0.3) is 5.56 Å². The van der Waals surface area contributed by atoms with Gasteiger partial charge in [0.2, 0.25) is 5.28 Å². The number of aromatic nitrogens is 4. The molecule has 0 unspecified atom stereocenters. The van der Waals surface area contributed by atoms with E-state index in [1.807, 2.05) is 51.1 Å². The average Bonchev–Trinajstić information content (AvgIpc) is 2.85. The molecular formula is C26H28ClN5O3. The molecule has 0 amide bonds. The maximum absolute atomic E-state index is 13.2. The zero-order valence-electron chi connectivity index (χ0n) is 20.1. The van der Waals surface area contributed by atoms with Crippen molar-refractivity contribution in [1.29, 1.82) is 0 Å². The molecule has 0 saturated carbocycles. The van der Waals surface area contributed by atoms with Gasteiger partial charge < -0.3 is 14.4 Å². The fourth-order valence-electron chi connectivity index (χ4n) is 4.74. The van der Waals surface area contributed by atoms with Gasteiger partial charge in [0.15, 0.2) is 11.5 Å². The number of hydrogen-bond donors (Lipinski definition) is 0. The summed E-state index contributed by atoms with van der Waals surface area (Å²) in [5.41, 5.74) is 2.50. The van der Waals surface area contributed by atoms with Crippen LogP contribution in [0.4, 0.5) is 5.82 Å². The molecule has 1 aliphatic rings. The Balaban J connectivity index is 1.45. The van der Waals surface area contributed by atoms with E-state index in [0.717, 1.165) is 48.2 Å². The Morgan fingerprint density at radius 3 is 2.40 bits per heavy atom. The smallest absolute Gasteiger partial charge is 0.261 e. The molecule has 0 radical (unpaired) electrons. The van der Waals surface area contributed by atoms with Crippen LogP contribution in [0.5, 0.6) is 11.5 Å².